The molecule has 10 heteroatoms. The fourth-order valence-electron chi connectivity index (χ4n) is 4.73. The number of hydrogen-bond acceptors (Lipinski definition) is 7. The molecule has 176 valence electrons. The van der Waals surface area contributed by atoms with E-state index in [0.717, 1.165) is 55.7 Å². The molecule has 2 N–H and O–H groups in total. The van der Waals surface area contributed by atoms with Crippen LogP contribution in [-0.2, 0) is 10.0 Å². The Morgan fingerprint density at radius 2 is 2.00 bits per heavy atom. The van der Waals surface area contributed by atoms with Gasteiger partial charge in [0.15, 0.2) is 0 Å². The molecule has 1 aromatic carbocycles. The Hall–Kier alpha value is -3.01. The molecule has 2 fully saturated rings. The van der Waals surface area contributed by atoms with E-state index < -0.39 is 10.0 Å². The number of sulfonamides is 1. The summed E-state index contributed by atoms with van der Waals surface area (Å²) in [6.07, 6.45) is 11.2. The molecule has 9 nitrogen and oxygen atoms in total. The van der Waals surface area contributed by atoms with Crippen molar-refractivity contribution in [3.63, 3.8) is 0 Å². The molecule has 4 aliphatic heterocycles. The molecule has 0 saturated carbocycles. The minimum atomic E-state index is -3.51. The summed E-state index contributed by atoms with van der Waals surface area (Å²) < 4.78 is 26.2. The van der Waals surface area contributed by atoms with Gasteiger partial charge >= 0.3 is 0 Å². The van der Waals surface area contributed by atoms with Gasteiger partial charge in [-0.1, -0.05) is 11.6 Å². The van der Waals surface area contributed by atoms with Crippen LogP contribution in [0.15, 0.2) is 47.3 Å². The molecule has 33 heavy (non-hydrogen) atoms. The van der Waals surface area contributed by atoms with Gasteiger partial charge in [-0.15, -0.1) is 0 Å². The van der Waals surface area contributed by atoms with Crippen molar-refractivity contribution in [2.24, 2.45) is 5.10 Å². The highest BCUT2D eigenvalue weighted by Crippen LogP contribution is 2.30. The molecule has 0 aromatic heterocycles. The molecule has 0 spiro atoms. The average Bonchev–Trinajstić information content (AvgIpc) is 3.16. The molecule has 2 atom stereocenters. The highest BCUT2D eigenvalue weighted by Gasteiger charge is 2.36. The molecular weight excluding hydrogens is 440 g/mol. The number of benzene rings is 1. The SMILES string of the molecule is Cc1ccc(NS(C)(=O)=O)c(C(=O)N2CCCC[C@H]2C2=CN3N=C(N4CCC4)C=CC3N2)c1. The first-order chi connectivity index (χ1) is 15.8. The quantitative estimate of drug-likeness (QED) is 0.699. The number of nitrogens with one attached hydrogen (secondary N) is 2. The van der Waals surface area contributed by atoms with Crippen molar-refractivity contribution in [2.45, 2.75) is 44.8 Å². The summed E-state index contributed by atoms with van der Waals surface area (Å²) in [7, 11) is -3.51. The first-order valence-corrected chi connectivity index (χ1v) is 13.4. The number of amidine groups is 1. The van der Waals surface area contributed by atoms with Gasteiger partial charge in [0, 0.05) is 25.8 Å². The number of carbonyl (C=O) groups is 1. The van der Waals surface area contributed by atoms with Crippen molar-refractivity contribution in [2.75, 3.05) is 30.6 Å². The molecule has 0 aliphatic carbocycles. The highest BCUT2D eigenvalue weighted by molar-refractivity contribution is 7.92. The van der Waals surface area contributed by atoms with Crippen LogP contribution in [0.2, 0.25) is 0 Å². The summed E-state index contributed by atoms with van der Waals surface area (Å²) in [5, 5.41) is 10.2. The molecule has 4 aliphatic rings. The van der Waals surface area contributed by atoms with E-state index in [2.05, 4.69) is 27.1 Å². The van der Waals surface area contributed by atoms with E-state index in [1.54, 1.807) is 18.2 Å². The normalized spacial score (nSPS) is 24.5. The Morgan fingerprint density at radius 1 is 1.18 bits per heavy atom. The smallest absolute Gasteiger partial charge is 0.256 e. The predicted molar refractivity (Wildman–Crippen MR) is 128 cm³/mol. The van der Waals surface area contributed by atoms with Crippen molar-refractivity contribution >= 4 is 27.5 Å². The zero-order valence-electron chi connectivity index (χ0n) is 19.0. The van der Waals surface area contributed by atoms with Crippen molar-refractivity contribution in [1.82, 2.24) is 20.1 Å². The van der Waals surface area contributed by atoms with Crippen molar-refractivity contribution in [3.8, 4) is 0 Å². The second-order valence-corrected chi connectivity index (χ2v) is 10.9. The lowest BCUT2D eigenvalue weighted by atomic mass is 9.97. The molecule has 5 rings (SSSR count). The van der Waals surface area contributed by atoms with Crippen molar-refractivity contribution < 1.29 is 13.2 Å². The van der Waals surface area contributed by atoms with E-state index in [-0.39, 0.29) is 18.1 Å². The largest absolute Gasteiger partial charge is 0.361 e. The molecule has 1 unspecified atom stereocenters. The number of piperidine rings is 1. The van der Waals surface area contributed by atoms with E-state index in [1.165, 1.54) is 6.42 Å². The van der Waals surface area contributed by atoms with E-state index in [4.69, 9.17) is 5.10 Å². The molecule has 0 bridgehead atoms. The highest BCUT2D eigenvalue weighted by atomic mass is 32.2. The van der Waals surface area contributed by atoms with Crippen LogP contribution in [0.3, 0.4) is 0 Å². The first-order valence-electron chi connectivity index (χ1n) is 11.5. The van der Waals surface area contributed by atoms with Gasteiger partial charge in [0.25, 0.3) is 5.91 Å². The molecule has 1 aromatic rings. The maximum atomic E-state index is 13.7. The molecule has 2 saturated heterocycles. The van der Waals surface area contributed by atoms with Gasteiger partial charge in [0.2, 0.25) is 10.0 Å². The minimum Gasteiger partial charge on any atom is -0.361 e. The summed E-state index contributed by atoms with van der Waals surface area (Å²) in [6, 6.07) is 5.11. The summed E-state index contributed by atoms with van der Waals surface area (Å²) >= 11 is 0. The number of nitrogens with zero attached hydrogens (tertiary/aromatic N) is 4. The zero-order chi connectivity index (χ0) is 23.2. The molecular formula is C23H30N6O3S. The number of fused-ring (bicyclic) bond motifs is 1. The molecule has 4 heterocycles. The summed E-state index contributed by atoms with van der Waals surface area (Å²) in [6.45, 7) is 4.60. The topological polar surface area (TPSA) is 97.3 Å². The minimum absolute atomic E-state index is 0.0506. The van der Waals surface area contributed by atoms with Crippen molar-refractivity contribution in [3.05, 3.63) is 53.4 Å². The van der Waals surface area contributed by atoms with E-state index in [0.29, 0.717) is 17.8 Å². The zero-order valence-corrected chi connectivity index (χ0v) is 19.8. The first kappa shape index (κ1) is 21.8. The number of rotatable bonds is 4. The number of hydrogen-bond donors (Lipinski definition) is 2. The lowest BCUT2D eigenvalue weighted by Crippen LogP contribution is -2.48. The Morgan fingerprint density at radius 3 is 2.73 bits per heavy atom. The number of likely N-dealkylation sites (tertiary alicyclic amines) is 2. The molecule has 0 radical (unpaired) electrons. The van der Waals surface area contributed by atoms with E-state index in [9.17, 15) is 13.2 Å². The number of amides is 1. The van der Waals surface area contributed by atoms with Crippen LogP contribution in [0.25, 0.3) is 0 Å². The lowest BCUT2D eigenvalue weighted by molar-refractivity contribution is 0.0647. The van der Waals surface area contributed by atoms with Gasteiger partial charge in [-0.3, -0.25) is 9.52 Å². The van der Waals surface area contributed by atoms with Gasteiger partial charge in [-0.25, -0.2) is 13.4 Å². The Bertz CT molecular complexity index is 1150. The standard InChI is InChI=1S/C23H30N6O3S/c1-16-7-8-18(26-33(2,31)32)17(14-16)23(30)28-13-4-3-6-20(28)19-15-29-21(24-19)9-10-22(25-29)27-11-5-12-27/h7-10,14-15,20-21,24,26H,3-6,11-13H2,1-2H3/t20-,21?/m0/s1. The van der Waals surface area contributed by atoms with Crippen LogP contribution in [0.1, 0.15) is 41.6 Å². The van der Waals surface area contributed by atoms with Gasteiger partial charge in [-0.2, -0.15) is 5.10 Å². The van der Waals surface area contributed by atoms with Crippen LogP contribution in [0.5, 0.6) is 0 Å². The van der Waals surface area contributed by atoms with Gasteiger partial charge in [-0.05, 0) is 56.9 Å². The van der Waals surface area contributed by atoms with Gasteiger partial charge < -0.3 is 15.1 Å². The fourth-order valence-corrected chi connectivity index (χ4v) is 5.30. The van der Waals surface area contributed by atoms with Crippen LogP contribution in [0, 0.1) is 6.92 Å². The fraction of sp³-hybridized carbons (Fsp3) is 0.478. The van der Waals surface area contributed by atoms with Crippen LogP contribution < -0.4 is 10.0 Å². The molecule has 1 amide bonds. The Kier molecular flexibility index (Phi) is 5.55. The predicted octanol–water partition coefficient (Wildman–Crippen LogP) is 2.02. The third-order valence-electron chi connectivity index (χ3n) is 6.52. The maximum absolute atomic E-state index is 13.7. The number of hydrazone groups is 1. The van der Waals surface area contributed by atoms with Gasteiger partial charge in [0.05, 0.1) is 29.2 Å². The number of carbonyl (C=O) groups excluding carboxylic acids is 1. The maximum Gasteiger partial charge on any atom is 0.256 e. The van der Waals surface area contributed by atoms with Crippen LogP contribution in [0.4, 0.5) is 5.69 Å². The summed E-state index contributed by atoms with van der Waals surface area (Å²) in [4.78, 5) is 17.8. The Labute approximate surface area is 194 Å². The van der Waals surface area contributed by atoms with Gasteiger partial charge in [0.1, 0.15) is 12.0 Å². The third-order valence-corrected chi connectivity index (χ3v) is 7.11. The van der Waals surface area contributed by atoms with Crippen LogP contribution >= 0.6 is 0 Å². The summed E-state index contributed by atoms with van der Waals surface area (Å²) in [5.74, 6) is 0.812. The Balaban J connectivity index is 1.41. The number of anilines is 1. The van der Waals surface area contributed by atoms with Crippen LogP contribution in [-0.4, -0.2) is 73.1 Å². The third kappa shape index (κ3) is 4.44. The summed E-state index contributed by atoms with van der Waals surface area (Å²) in [5.41, 5.74) is 2.56. The van der Waals surface area contributed by atoms with E-state index >= 15 is 0 Å². The number of aryl methyl sites for hydroxylation is 1. The second-order valence-electron chi connectivity index (χ2n) is 9.14. The lowest BCUT2D eigenvalue weighted by Gasteiger charge is -2.37. The second kappa shape index (κ2) is 8.40. The van der Waals surface area contributed by atoms with E-state index in [1.807, 2.05) is 23.0 Å². The van der Waals surface area contributed by atoms with Crippen molar-refractivity contribution in [1.29, 1.82) is 0 Å². The average molecular weight is 471 g/mol. The monoisotopic (exact) mass is 470 g/mol.